The molecule has 0 atom stereocenters. The van der Waals surface area contributed by atoms with Crippen LogP contribution >= 0.6 is 0 Å². The van der Waals surface area contributed by atoms with Gasteiger partial charge in [-0.25, -0.2) is 14.4 Å². The number of likely N-dealkylation sites (N-methyl/N-ethyl adjacent to an activating group) is 1. The number of anilines is 4. The second kappa shape index (κ2) is 10.7. The highest BCUT2D eigenvalue weighted by molar-refractivity contribution is 5.91. The van der Waals surface area contributed by atoms with Crippen LogP contribution in [0, 0.1) is 5.82 Å². The van der Waals surface area contributed by atoms with E-state index in [1.54, 1.807) is 18.3 Å². The first kappa shape index (κ1) is 24.3. The van der Waals surface area contributed by atoms with Gasteiger partial charge in [0.05, 0.1) is 23.6 Å². The number of hydrogen-bond donors (Lipinski definition) is 1. The summed E-state index contributed by atoms with van der Waals surface area (Å²) in [7, 11) is 2.15. The molecule has 2 saturated heterocycles. The Hall–Kier alpha value is -4.05. The van der Waals surface area contributed by atoms with Gasteiger partial charge in [-0.2, -0.15) is 9.97 Å². The van der Waals surface area contributed by atoms with Crippen LogP contribution in [-0.2, 0) is 6.61 Å². The number of nitrogens with one attached hydrogen (secondary N) is 1. The Morgan fingerprint density at radius 1 is 0.842 bits per heavy atom. The number of piperazine rings is 1. The molecule has 0 bridgehead atoms. The van der Waals surface area contributed by atoms with Gasteiger partial charge in [0.1, 0.15) is 29.9 Å². The van der Waals surface area contributed by atoms with E-state index >= 15 is 0 Å². The van der Waals surface area contributed by atoms with Crippen LogP contribution in [0.4, 0.5) is 27.5 Å². The number of rotatable bonds is 7. The van der Waals surface area contributed by atoms with Crippen molar-refractivity contribution in [1.82, 2.24) is 24.8 Å². The number of fused-ring (bicyclic) bond motifs is 1. The van der Waals surface area contributed by atoms with Crippen LogP contribution in [0.25, 0.3) is 10.9 Å². The number of ether oxygens (including phenoxy) is 1. The monoisotopic (exact) mass is 514 g/mol. The Bertz CT molecular complexity index is 1380. The van der Waals surface area contributed by atoms with Crippen LogP contribution in [0.15, 0.2) is 54.9 Å². The van der Waals surface area contributed by atoms with Crippen molar-refractivity contribution in [3.63, 3.8) is 0 Å². The van der Waals surface area contributed by atoms with E-state index in [2.05, 4.69) is 48.1 Å². The Morgan fingerprint density at radius 3 is 2.34 bits per heavy atom. The van der Waals surface area contributed by atoms with E-state index in [1.165, 1.54) is 12.1 Å². The maximum absolute atomic E-state index is 13.2. The number of pyridine rings is 2. The summed E-state index contributed by atoms with van der Waals surface area (Å²) in [5, 5.41) is 4.24. The summed E-state index contributed by atoms with van der Waals surface area (Å²) in [5.74, 6) is 1.98. The fraction of sp³-hybridized carbons (Fsp3) is 0.357. The maximum Gasteiger partial charge on any atom is 0.319 e. The van der Waals surface area contributed by atoms with Gasteiger partial charge in [-0.1, -0.05) is 12.1 Å². The second-order valence-corrected chi connectivity index (χ2v) is 9.84. The molecule has 0 saturated carbocycles. The minimum Gasteiger partial charge on any atom is -0.459 e. The van der Waals surface area contributed by atoms with Crippen molar-refractivity contribution < 1.29 is 9.13 Å². The third-order valence-electron chi connectivity index (χ3n) is 7.10. The molecule has 0 radical (unpaired) electrons. The van der Waals surface area contributed by atoms with Crippen molar-refractivity contribution in [2.24, 2.45) is 0 Å². The van der Waals surface area contributed by atoms with Crippen molar-refractivity contribution in [3.05, 3.63) is 66.2 Å². The van der Waals surface area contributed by atoms with E-state index in [-0.39, 0.29) is 18.4 Å². The molecule has 2 aliphatic heterocycles. The van der Waals surface area contributed by atoms with Crippen molar-refractivity contribution in [3.8, 4) is 6.01 Å². The van der Waals surface area contributed by atoms with E-state index in [0.29, 0.717) is 11.3 Å². The molecule has 2 aliphatic rings. The molecule has 5 heterocycles. The zero-order valence-corrected chi connectivity index (χ0v) is 21.5. The Kier molecular flexibility index (Phi) is 6.87. The van der Waals surface area contributed by atoms with Gasteiger partial charge in [0.2, 0.25) is 0 Å². The van der Waals surface area contributed by atoms with Gasteiger partial charge in [-0.05, 0) is 55.8 Å². The van der Waals surface area contributed by atoms with Gasteiger partial charge < -0.3 is 24.8 Å². The third-order valence-corrected chi connectivity index (χ3v) is 7.10. The number of halogens is 1. The summed E-state index contributed by atoms with van der Waals surface area (Å²) >= 11 is 0. The number of hydrogen-bond acceptors (Lipinski definition) is 9. The minimum absolute atomic E-state index is 0.258. The fourth-order valence-electron chi connectivity index (χ4n) is 4.87. The Balaban J connectivity index is 1.22. The molecule has 196 valence electrons. The molecule has 0 spiro atoms. The largest absolute Gasteiger partial charge is 0.459 e. The summed E-state index contributed by atoms with van der Waals surface area (Å²) in [6.07, 6.45) is 5.90. The van der Waals surface area contributed by atoms with Crippen LogP contribution in [0.5, 0.6) is 6.01 Å². The molecule has 0 unspecified atom stereocenters. The topological polar surface area (TPSA) is 82.5 Å². The van der Waals surface area contributed by atoms with Crippen molar-refractivity contribution in [1.29, 1.82) is 0 Å². The molecule has 1 N–H and O–H groups in total. The van der Waals surface area contributed by atoms with Gasteiger partial charge >= 0.3 is 6.01 Å². The van der Waals surface area contributed by atoms with E-state index in [1.807, 2.05) is 18.3 Å². The zero-order chi connectivity index (χ0) is 25.9. The average molecular weight is 515 g/mol. The minimum atomic E-state index is -0.274. The lowest BCUT2D eigenvalue weighted by Gasteiger charge is -2.33. The quantitative estimate of drug-likeness (QED) is 0.390. The summed E-state index contributed by atoms with van der Waals surface area (Å²) in [4.78, 5) is 25.6. The van der Waals surface area contributed by atoms with E-state index in [9.17, 15) is 4.39 Å². The number of aromatic nitrogens is 4. The van der Waals surface area contributed by atoms with Gasteiger partial charge in [-0.3, -0.25) is 0 Å². The van der Waals surface area contributed by atoms with E-state index in [4.69, 9.17) is 9.72 Å². The first-order valence-electron chi connectivity index (χ1n) is 13.1. The normalized spacial score (nSPS) is 16.3. The Labute approximate surface area is 221 Å². The van der Waals surface area contributed by atoms with Crippen LogP contribution in [-0.4, -0.2) is 71.2 Å². The van der Waals surface area contributed by atoms with Crippen LogP contribution in [0.1, 0.15) is 18.4 Å². The molecule has 9 nitrogen and oxygen atoms in total. The van der Waals surface area contributed by atoms with Crippen molar-refractivity contribution in [2.75, 3.05) is 61.4 Å². The van der Waals surface area contributed by atoms with Gasteiger partial charge in [0.25, 0.3) is 0 Å². The SMILES string of the molecule is CN1CCN(c2ccc(Nc3cc4c(N5CCCC5)nc(OCc5ccc(F)cc5)nc4cn3)nc2)CC1. The van der Waals surface area contributed by atoms with Gasteiger partial charge in [-0.15, -0.1) is 0 Å². The van der Waals surface area contributed by atoms with Gasteiger partial charge in [0.15, 0.2) is 0 Å². The molecule has 10 heteroatoms. The van der Waals surface area contributed by atoms with E-state index < -0.39 is 0 Å². The standard InChI is InChI=1S/C28H31FN8O/c1-35-12-14-36(15-13-35)22-8-9-25(30-17-22)33-26-16-23-24(18-31-26)32-28(34-27(23)37-10-2-3-11-37)38-19-20-4-6-21(29)7-5-20/h4-9,16-18H,2-3,10-15,19H2,1H3,(H,30,31,33). The average Bonchev–Trinajstić information content (AvgIpc) is 3.48. The summed E-state index contributed by atoms with van der Waals surface area (Å²) in [6, 6.07) is 12.6. The molecule has 1 aromatic carbocycles. The lowest BCUT2D eigenvalue weighted by molar-refractivity contribution is 0.282. The summed E-state index contributed by atoms with van der Waals surface area (Å²) in [6.45, 7) is 6.25. The highest BCUT2D eigenvalue weighted by Crippen LogP contribution is 2.31. The van der Waals surface area contributed by atoms with E-state index in [0.717, 1.165) is 80.4 Å². The summed E-state index contributed by atoms with van der Waals surface area (Å²) in [5.41, 5.74) is 2.69. The molecular weight excluding hydrogens is 483 g/mol. The highest BCUT2D eigenvalue weighted by atomic mass is 19.1. The van der Waals surface area contributed by atoms with Crippen LogP contribution in [0.3, 0.4) is 0 Å². The first-order valence-corrected chi connectivity index (χ1v) is 13.1. The predicted molar refractivity (Wildman–Crippen MR) is 147 cm³/mol. The lowest BCUT2D eigenvalue weighted by atomic mass is 10.2. The second-order valence-electron chi connectivity index (χ2n) is 9.84. The number of nitrogens with zero attached hydrogens (tertiary/aromatic N) is 7. The molecule has 2 fully saturated rings. The maximum atomic E-state index is 13.2. The molecule has 0 aliphatic carbocycles. The van der Waals surface area contributed by atoms with Crippen LogP contribution < -0.4 is 19.9 Å². The zero-order valence-electron chi connectivity index (χ0n) is 21.5. The molecule has 4 aromatic rings. The summed E-state index contributed by atoms with van der Waals surface area (Å²) < 4.78 is 19.1. The molecular formula is C28H31FN8O. The fourth-order valence-corrected chi connectivity index (χ4v) is 4.87. The lowest BCUT2D eigenvalue weighted by Crippen LogP contribution is -2.44. The molecule has 6 rings (SSSR count). The van der Waals surface area contributed by atoms with Crippen molar-refractivity contribution >= 4 is 34.0 Å². The number of benzene rings is 1. The molecule has 3 aromatic heterocycles. The predicted octanol–water partition coefficient (Wildman–Crippen LogP) is 4.23. The first-order chi connectivity index (χ1) is 18.6. The van der Waals surface area contributed by atoms with Crippen molar-refractivity contribution in [2.45, 2.75) is 19.4 Å². The van der Waals surface area contributed by atoms with Gasteiger partial charge in [0, 0.05) is 44.7 Å². The third kappa shape index (κ3) is 5.45. The molecule has 38 heavy (non-hydrogen) atoms. The Morgan fingerprint density at radius 2 is 1.61 bits per heavy atom. The smallest absolute Gasteiger partial charge is 0.319 e. The van der Waals surface area contributed by atoms with Crippen LogP contribution in [0.2, 0.25) is 0 Å². The highest BCUT2D eigenvalue weighted by Gasteiger charge is 2.20. The molecule has 0 amide bonds.